The molecule has 0 bridgehead atoms. The first-order chi connectivity index (χ1) is 14.1. The summed E-state index contributed by atoms with van der Waals surface area (Å²) in [5, 5.41) is 7.36. The summed E-state index contributed by atoms with van der Waals surface area (Å²) in [5.74, 6) is 2.10. The zero-order valence-electron chi connectivity index (χ0n) is 19.4. The first-order valence-electron chi connectivity index (χ1n) is 10.4. The number of hydrogen-bond donors (Lipinski definition) is 2. The normalized spacial score (nSPS) is 11.7. The molecule has 9 heteroatoms. The van der Waals surface area contributed by atoms with E-state index in [1.54, 1.807) is 0 Å². The number of likely N-dealkylation sites (N-methyl/N-ethyl adjacent to an activating group) is 1. The quantitative estimate of drug-likeness (QED) is 0.507. The molecule has 0 aliphatic rings. The van der Waals surface area contributed by atoms with Gasteiger partial charge < -0.3 is 14.6 Å². The van der Waals surface area contributed by atoms with E-state index in [4.69, 9.17) is 4.42 Å². The summed E-state index contributed by atoms with van der Waals surface area (Å²) in [6.45, 7) is 14.0. The van der Waals surface area contributed by atoms with Crippen LogP contribution in [-0.2, 0) is 0 Å². The molecule has 8 nitrogen and oxygen atoms in total. The predicted molar refractivity (Wildman–Crippen MR) is 125 cm³/mol. The maximum Gasteiger partial charge on any atom is 0.330 e. The van der Waals surface area contributed by atoms with Gasteiger partial charge in [0, 0.05) is 43.2 Å². The summed E-state index contributed by atoms with van der Waals surface area (Å²) in [6.07, 6.45) is 3.82. The maximum atomic E-state index is 12.6. The topological polar surface area (TPSA) is 78.6 Å². The lowest BCUT2D eigenvalue weighted by molar-refractivity contribution is 0.257. The summed E-state index contributed by atoms with van der Waals surface area (Å²) in [4.78, 5) is 14.7. The maximum absolute atomic E-state index is 12.6. The van der Waals surface area contributed by atoms with Crippen LogP contribution in [-0.4, -0.2) is 47.9 Å². The number of urea groups is 1. The van der Waals surface area contributed by atoms with Crippen molar-refractivity contribution in [2.45, 2.75) is 59.4 Å². The highest BCUT2D eigenvalue weighted by atomic mass is 32.2. The van der Waals surface area contributed by atoms with E-state index in [-0.39, 0.29) is 23.9 Å². The Morgan fingerprint density at radius 2 is 1.87 bits per heavy atom. The number of rotatable bonds is 10. The lowest BCUT2D eigenvalue weighted by atomic mass is 10.1. The molecule has 30 heavy (non-hydrogen) atoms. The number of nitrogens with zero attached hydrogens (tertiary/aromatic N) is 4. The lowest BCUT2D eigenvalue weighted by Gasteiger charge is -2.23. The van der Waals surface area contributed by atoms with E-state index in [1.807, 2.05) is 41.5 Å². The molecule has 0 unspecified atom stereocenters. The van der Waals surface area contributed by atoms with Gasteiger partial charge in [0.05, 0.1) is 29.7 Å². The monoisotopic (exact) mass is 436 g/mol. The largest absolute Gasteiger partial charge is 0.463 e. The molecule has 0 saturated carbocycles. The Hall–Kier alpha value is -2.13. The molecule has 168 valence electrons. The third kappa shape index (κ3) is 6.70. The van der Waals surface area contributed by atoms with Crippen molar-refractivity contribution in [3.05, 3.63) is 30.0 Å². The first kappa shape index (κ1) is 24.1. The fraction of sp³-hybridized carbons (Fsp3) is 0.619. The summed E-state index contributed by atoms with van der Waals surface area (Å²) in [5.41, 5.74) is 1.67. The van der Waals surface area contributed by atoms with Gasteiger partial charge in [0.25, 0.3) is 0 Å². The summed E-state index contributed by atoms with van der Waals surface area (Å²) in [7, 11) is 4.05. The van der Waals surface area contributed by atoms with Crippen LogP contribution in [0.4, 0.5) is 16.2 Å². The molecule has 0 radical (unpaired) electrons. The average molecular weight is 437 g/mol. The van der Waals surface area contributed by atoms with E-state index in [0.717, 1.165) is 36.0 Å². The third-order valence-electron chi connectivity index (χ3n) is 4.53. The van der Waals surface area contributed by atoms with Crippen LogP contribution < -0.4 is 14.3 Å². The van der Waals surface area contributed by atoms with Crippen LogP contribution in [0.3, 0.4) is 0 Å². The number of furan rings is 1. The van der Waals surface area contributed by atoms with Crippen LogP contribution in [0.1, 0.15) is 70.9 Å². The number of carbonyl (C=O) groups is 1. The van der Waals surface area contributed by atoms with Gasteiger partial charge in [0.2, 0.25) is 0 Å². The van der Waals surface area contributed by atoms with E-state index in [2.05, 4.69) is 61.6 Å². The zero-order valence-corrected chi connectivity index (χ0v) is 20.2. The number of aromatic nitrogens is 2. The summed E-state index contributed by atoms with van der Waals surface area (Å²) >= 11 is 1.26. The van der Waals surface area contributed by atoms with Crippen molar-refractivity contribution in [1.29, 1.82) is 0 Å². The molecular formula is C21H36N6O2S. The second kappa shape index (κ2) is 10.8. The number of amides is 2. The van der Waals surface area contributed by atoms with Crippen LogP contribution in [0, 0.1) is 0 Å². The van der Waals surface area contributed by atoms with Crippen molar-refractivity contribution in [2.24, 2.45) is 0 Å². The van der Waals surface area contributed by atoms with Gasteiger partial charge in [0.15, 0.2) is 0 Å². The smallest absolute Gasteiger partial charge is 0.330 e. The molecule has 0 spiro atoms. The van der Waals surface area contributed by atoms with E-state index in [0.29, 0.717) is 0 Å². The highest BCUT2D eigenvalue weighted by molar-refractivity contribution is 7.99. The Labute approximate surface area is 184 Å². The number of hydrogen-bond acceptors (Lipinski definition) is 6. The molecule has 0 aliphatic heterocycles. The Bertz CT molecular complexity index is 812. The van der Waals surface area contributed by atoms with E-state index < -0.39 is 0 Å². The second-order valence-corrected chi connectivity index (χ2v) is 9.39. The van der Waals surface area contributed by atoms with Gasteiger partial charge in [-0.3, -0.25) is 13.7 Å². The van der Waals surface area contributed by atoms with Gasteiger partial charge in [-0.15, -0.1) is 0 Å². The fourth-order valence-electron chi connectivity index (χ4n) is 2.74. The SMILES string of the molecule is CC(C)c1cc(NC(=O)NSN(CCN(C)C)c2cnn(C(C)C)c2)c(C(C)C)o1. The molecule has 2 aromatic heterocycles. The Balaban J connectivity index is 2.06. The second-order valence-electron chi connectivity index (χ2n) is 8.56. The zero-order chi connectivity index (χ0) is 22.4. The predicted octanol–water partition coefficient (Wildman–Crippen LogP) is 5.06. The van der Waals surface area contributed by atoms with E-state index in [9.17, 15) is 4.79 Å². The Morgan fingerprint density at radius 1 is 1.17 bits per heavy atom. The minimum Gasteiger partial charge on any atom is -0.463 e. The highest BCUT2D eigenvalue weighted by Crippen LogP contribution is 2.31. The average Bonchev–Trinajstić information content (AvgIpc) is 3.29. The number of carbonyl (C=O) groups excluding carboxylic acids is 1. The van der Waals surface area contributed by atoms with Crippen molar-refractivity contribution < 1.29 is 9.21 Å². The standard InChI is InChI=1S/C21H36N6O2S/c1-14(2)19-11-18(20(29-19)15(3)4)23-21(28)24-30-27(10-9-25(7)8)17-12-22-26(13-17)16(5)6/h11-16H,9-10H2,1-8H3,(H2,23,24,28). The molecule has 0 aromatic carbocycles. The van der Waals surface area contributed by atoms with Crippen molar-refractivity contribution in [1.82, 2.24) is 19.4 Å². The Kier molecular flexibility index (Phi) is 8.66. The molecule has 0 saturated heterocycles. The number of nitrogens with one attached hydrogen (secondary N) is 2. The molecule has 2 N–H and O–H groups in total. The van der Waals surface area contributed by atoms with Crippen molar-refractivity contribution in [3.63, 3.8) is 0 Å². The Morgan fingerprint density at radius 3 is 2.40 bits per heavy atom. The molecule has 2 heterocycles. The van der Waals surface area contributed by atoms with Crippen molar-refractivity contribution in [3.8, 4) is 0 Å². The summed E-state index contributed by atoms with van der Waals surface area (Å²) in [6, 6.07) is 1.91. The molecule has 0 fully saturated rings. The van der Waals surface area contributed by atoms with Crippen LogP contribution in [0.5, 0.6) is 0 Å². The van der Waals surface area contributed by atoms with Gasteiger partial charge in [-0.1, -0.05) is 27.7 Å². The molecule has 2 aromatic rings. The van der Waals surface area contributed by atoms with Crippen LogP contribution in [0.15, 0.2) is 22.9 Å². The minimum atomic E-state index is -0.288. The van der Waals surface area contributed by atoms with Crippen molar-refractivity contribution in [2.75, 3.05) is 36.8 Å². The van der Waals surface area contributed by atoms with Gasteiger partial charge in [-0.2, -0.15) is 5.10 Å². The summed E-state index contributed by atoms with van der Waals surface area (Å²) < 4.78 is 12.8. The van der Waals surface area contributed by atoms with Gasteiger partial charge in [0.1, 0.15) is 11.5 Å². The van der Waals surface area contributed by atoms with Crippen LogP contribution in [0.25, 0.3) is 0 Å². The molecule has 2 rings (SSSR count). The molecular weight excluding hydrogens is 400 g/mol. The molecule has 2 amide bonds. The third-order valence-corrected chi connectivity index (χ3v) is 5.42. The lowest BCUT2D eigenvalue weighted by Crippen LogP contribution is -2.32. The van der Waals surface area contributed by atoms with E-state index in [1.165, 1.54) is 12.1 Å². The molecule has 0 atom stereocenters. The fourth-order valence-corrected chi connectivity index (χ4v) is 3.35. The van der Waals surface area contributed by atoms with Gasteiger partial charge >= 0.3 is 6.03 Å². The minimum absolute atomic E-state index is 0.180. The van der Waals surface area contributed by atoms with E-state index >= 15 is 0 Å². The van der Waals surface area contributed by atoms with Crippen LogP contribution >= 0.6 is 12.1 Å². The molecule has 0 aliphatic carbocycles. The van der Waals surface area contributed by atoms with Gasteiger partial charge in [-0.05, 0) is 27.9 Å². The van der Waals surface area contributed by atoms with Gasteiger partial charge in [-0.25, -0.2) is 4.79 Å². The first-order valence-corrected chi connectivity index (χ1v) is 11.2. The van der Waals surface area contributed by atoms with Crippen LogP contribution in [0.2, 0.25) is 0 Å². The number of anilines is 2. The van der Waals surface area contributed by atoms with Crippen molar-refractivity contribution >= 4 is 29.5 Å². The highest BCUT2D eigenvalue weighted by Gasteiger charge is 2.19.